The van der Waals surface area contributed by atoms with Crippen molar-refractivity contribution in [2.75, 3.05) is 0 Å². The fourth-order valence-electron chi connectivity index (χ4n) is 6.56. The second-order valence-electron chi connectivity index (χ2n) is 11.5. The molecule has 4 heteroatoms. The minimum atomic E-state index is 0.617. The molecule has 1 aliphatic carbocycles. The van der Waals surface area contributed by atoms with Crippen molar-refractivity contribution in [3.05, 3.63) is 145 Å². The number of fused-ring (bicyclic) bond motifs is 5. The molecule has 0 unspecified atom stereocenters. The topological polar surface area (TPSA) is 51.8 Å². The van der Waals surface area contributed by atoms with Crippen molar-refractivity contribution in [3.63, 3.8) is 0 Å². The van der Waals surface area contributed by atoms with Gasteiger partial charge in [-0.2, -0.15) is 0 Å². The lowest BCUT2D eigenvalue weighted by Crippen LogP contribution is -2.00. The number of aromatic nitrogens is 3. The molecular formula is C41H27N3O. The van der Waals surface area contributed by atoms with Crippen LogP contribution in [0.3, 0.4) is 0 Å². The molecule has 45 heavy (non-hydrogen) atoms. The third-order valence-electron chi connectivity index (χ3n) is 8.80. The molecule has 0 radical (unpaired) electrons. The number of para-hydroxylation sites is 1. The molecule has 6 aromatic carbocycles. The Morgan fingerprint density at radius 1 is 0.511 bits per heavy atom. The Morgan fingerprint density at radius 3 is 2.11 bits per heavy atom. The van der Waals surface area contributed by atoms with E-state index in [1.165, 1.54) is 27.6 Å². The number of nitrogens with zero attached hydrogens (tertiary/aromatic N) is 3. The van der Waals surface area contributed by atoms with Crippen LogP contribution in [0.4, 0.5) is 0 Å². The molecule has 0 spiro atoms. The van der Waals surface area contributed by atoms with E-state index in [0.717, 1.165) is 56.9 Å². The monoisotopic (exact) mass is 577 g/mol. The Morgan fingerprint density at radius 2 is 1.20 bits per heavy atom. The van der Waals surface area contributed by atoms with E-state index in [4.69, 9.17) is 19.4 Å². The molecule has 0 aliphatic heterocycles. The van der Waals surface area contributed by atoms with Crippen LogP contribution in [0.25, 0.3) is 84.1 Å². The third kappa shape index (κ3) is 4.42. The van der Waals surface area contributed by atoms with Crippen molar-refractivity contribution >= 4 is 38.8 Å². The van der Waals surface area contributed by atoms with Gasteiger partial charge in [0.25, 0.3) is 0 Å². The van der Waals surface area contributed by atoms with Gasteiger partial charge in [-0.05, 0) is 64.1 Å². The molecule has 9 rings (SSSR count). The van der Waals surface area contributed by atoms with Gasteiger partial charge >= 0.3 is 0 Å². The van der Waals surface area contributed by atoms with Gasteiger partial charge in [0.15, 0.2) is 17.5 Å². The highest BCUT2D eigenvalue weighted by Crippen LogP contribution is 2.37. The van der Waals surface area contributed by atoms with Gasteiger partial charge in [-0.3, -0.25) is 0 Å². The van der Waals surface area contributed by atoms with E-state index in [9.17, 15) is 0 Å². The van der Waals surface area contributed by atoms with Crippen LogP contribution in [0.1, 0.15) is 17.5 Å². The molecule has 212 valence electrons. The minimum Gasteiger partial charge on any atom is -0.456 e. The van der Waals surface area contributed by atoms with Gasteiger partial charge in [0, 0.05) is 27.5 Å². The highest BCUT2D eigenvalue weighted by molar-refractivity contribution is 6.11. The molecule has 0 N–H and O–H groups in total. The molecule has 0 atom stereocenters. The maximum Gasteiger partial charge on any atom is 0.164 e. The van der Waals surface area contributed by atoms with Gasteiger partial charge in [-0.15, -0.1) is 0 Å². The van der Waals surface area contributed by atoms with Crippen molar-refractivity contribution in [1.82, 2.24) is 15.0 Å². The smallest absolute Gasteiger partial charge is 0.164 e. The van der Waals surface area contributed by atoms with Gasteiger partial charge in [-0.25, -0.2) is 15.0 Å². The quantitative estimate of drug-likeness (QED) is 0.209. The molecule has 2 heterocycles. The van der Waals surface area contributed by atoms with Crippen LogP contribution in [0, 0.1) is 0 Å². The normalized spacial score (nSPS) is 12.6. The fraction of sp³-hybridized carbons (Fsp3) is 0.0488. The summed E-state index contributed by atoms with van der Waals surface area (Å²) in [6.45, 7) is 0. The second-order valence-corrected chi connectivity index (χ2v) is 11.5. The summed E-state index contributed by atoms with van der Waals surface area (Å²) in [6.07, 6.45) is 6.71. The Labute approximate surface area is 260 Å². The van der Waals surface area contributed by atoms with Crippen LogP contribution in [-0.2, 0) is 6.42 Å². The molecule has 4 nitrogen and oxygen atoms in total. The van der Waals surface area contributed by atoms with Crippen molar-refractivity contribution in [1.29, 1.82) is 0 Å². The Bertz CT molecular complexity index is 2440. The largest absolute Gasteiger partial charge is 0.456 e. The minimum absolute atomic E-state index is 0.617. The molecule has 0 saturated carbocycles. The lowest BCUT2D eigenvalue weighted by atomic mass is 9.90. The van der Waals surface area contributed by atoms with E-state index in [0.29, 0.717) is 17.5 Å². The third-order valence-corrected chi connectivity index (χ3v) is 8.80. The highest BCUT2D eigenvalue weighted by Gasteiger charge is 2.18. The first kappa shape index (κ1) is 25.6. The van der Waals surface area contributed by atoms with E-state index in [2.05, 4.69) is 109 Å². The molecule has 0 saturated heterocycles. The predicted molar refractivity (Wildman–Crippen MR) is 184 cm³/mol. The Balaban J connectivity index is 1.22. The average Bonchev–Trinajstić information content (AvgIpc) is 3.50. The zero-order valence-corrected chi connectivity index (χ0v) is 24.4. The average molecular weight is 578 g/mol. The van der Waals surface area contributed by atoms with Crippen LogP contribution >= 0.6 is 0 Å². The highest BCUT2D eigenvalue weighted by atomic mass is 16.3. The van der Waals surface area contributed by atoms with Crippen LogP contribution in [0.5, 0.6) is 0 Å². The summed E-state index contributed by atoms with van der Waals surface area (Å²) in [5.74, 6) is 1.89. The van der Waals surface area contributed by atoms with Crippen LogP contribution in [0.15, 0.2) is 138 Å². The van der Waals surface area contributed by atoms with Crippen LogP contribution in [-0.4, -0.2) is 15.0 Å². The second kappa shape index (κ2) is 10.4. The van der Waals surface area contributed by atoms with Gasteiger partial charge in [0.05, 0.1) is 0 Å². The summed E-state index contributed by atoms with van der Waals surface area (Å²) in [7, 11) is 0. The fourth-order valence-corrected chi connectivity index (χ4v) is 6.56. The Kier molecular flexibility index (Phi) is 5.91. The van der Waals surface area contributed by atoms with Gasteiger partial charge in [0.2, 0.25) is 0 Å². The van der Waals surface area contributed by atoms with E-state index in [1.54, 1.807) is 0 Å². The number of furan rings is 1. The number of hydrogen-bond donors (Lipinski definition) is 0. The molecule has 8 aromatic rings. The predicted octanol–water partition coefficient (Wildman–Crippen LogP) is 10.6. The number of benzene rings is 6. The first-order valence-electron chi connectivity index (χ1n) is 15.3. The zero-order valence-electron chi connectivity index (χ0n) is 24.4. The SMILES string of the molecule is C1=Cc2c(cccc2-c2ccc(-c3nc(-c4ccc5ccccc5c4)nc(-c4cccc5oc6ccccc6c45)n3)cc2)CC1. The summed E-state index contributed by atoms with van der Waals surface area (Å²) >= 11 is 0. The standard InChI is InChI=1S/C41H27N3O/c1-2-11-30-25-31(24-19-26(30)9-1)40-42-39(29-22-20-28(21-23-29)33-15-7-12-27-10-3-4-13-32(27)33)43-41(44-40)35-16-8-18-37-38(35)34-14-5-6-17-36(34)45-37/h1-2,4-9,11-25H,3,10H2. The maximum atomic E-state index is 6.21. The van der Waals surface area contributed by atoms with E-state index >= 15 is 0 Å². The number of aryl methyl sites for hydroxylation is 1. The Hall–Kier alpha value is -5.87. The summed E-state index contributed by atoms with van der Waals surface area (Å²) in [5.41, 5.74) is 9.62. The first-order valence-corrected chi connectivity index (χ1v) is 15.3. The van der Waals surface area contributed by atoms with Crippen molar-refractivity contribution in [2.24, 2.45) is 0 Å². The van der Waals surface area contributed by atoms with Crippen LogP contribution < -0.4 is 0 Å². The molecular weight excluding hydrogens is 550 g/mol. The molecule has 2 aromatic heterocycles. The molecule has 0 amide bonds. The summed E-state index contributed by atoms with van der Waals surface area (Å²) in [6, 6.07) is 44.1. The van der Waals surface area contributed by atoms with Gasteiger partial charge in [-0.1, -0.05) is 121 Å². The van der Waals surface area contributed by atoms with E-state index < -0.39 is 0 Å². The summed E-state index contributed by atoms with van der Waals surface area (Å²) in [4.78, 5) is 15.2. The molecule has 1 aliphatic rings. The zero-order chi connectivity index (χ0) is 29.7. The summed E-state index contributed by atoms with van der Waals surface area (Å²) in [5, 5.41) is 4.37. The van der Waals surface area contributed by atoms with Crippen molar-refractivity contribution in [3.8, 4) is 45.3 Å². The maximum absolute atomic E-state index is 6.21. The van der Waals surface area contributed by atoms with E-state index in [1.807, 2.05) is 30.3 Å². The van der Waals surface area contributed by atoms with Gasteiger partial charge in [0.1, 0.15) is 11.2 Å². The van der Waals surface area contributed by atoms with Crippen molar-refractivity contribution < 1.29 is 4.42 Å². The number of allylic oxidation sites excluding steroid dienone is 1. The van der Waals surface area contributed by atoms with Gasteiger partial charge < -0.3 is 4.42 Å². The lowest BCUT2D eigenvalue weighted by molar-refractivity contribution is 0.669. The number of rotatable bonds is 4. The molecule has 0 bridgehead atoms. The van der Waals surface area contributed by atoms with Crippen molar-refractivity contribution in [2.45, 2.75) is 12.8 Å². The summed E-state index contributed by atoms with van der Waals surface area (Å²) < 4.78 is 6.21. The number of hydrogen-bond acceptors (Lipinski definition) is 4. The van der Waals surface area contributed by atoms with E-state index in [-0.39, 0.29) is 0 Å². The van der Waals surface area contributed by atoms with Crippen LogP contribution in [0.2, 0.25) is 0 Å². The lowest BCUT2D eigenvalue weighted by Gasteiger charge is -2.15. The first-order chi connectivity index (χ1) is 22.3. The molecule has 0 fully saturated rings.